The van der Waals surface area contributed by atoms with E-state index in [0.29, 0.717) is 11.5 Å². The summed E-state index contributed by atoms with van der Waals surface area (Å²) in [4.78, 5) is 23.0. The Bertz CT molecular complexity index is 407. The highest BCUT2D eigenvalue weighted by Gasteiger charge is 2.24. The van der Waals surface area contributed by atoms with Gasteiger partial charge in [0.15, 0.2) is 6.04 Å². The number of aryl methyl sites for hydroxylation is 2. The lowest BCUT2D eigenvalue weighted by molar-refractivity contribution is -0.143. The van der Waals surface area contributed by atoms with Crippen LogP contribution in [0.4, 0.5) is 0 Å². The molecule has 1 rings (SSSR count). The number of nitrogens with one attached hydrogen (secondary N) is 1. The minimum atomic E-state index is -1.10. The van der Waals surface area contributed by atoms with E-state index in [4.69, 9.17) is 9.63 Å². The first-order valence-corrected chi connectivity index (χ1v) is 4.93. The van der Waals surface area contributed by atoms with Crippen LogP contribution in [-0.4, -0.2) is 41.9 Å². The molecule has 0 bridgehead atoms. The lowest BCUT2D eigenvalue weighted by Gasteiger charge is -2.13. The summed E-state index contributed by atoms with van der Waals surface area (Å²) in [6.45, 7) is 2.65. The molecule has 7 nitrogen and oxygen atoms in total. The van der Waals surface area contributed by atoms with E-state index in [1.165, 1.54) is 7.11 Å². The van der Waals surface area contributed by atoms with Gasteiger partial charge in [0.2, 0.25) is 0 Å². The Labute approximate surface area is 97.7 Å². The number of ether oxygens (including phenoxy) is 1. The molecule has 0 aliphatic carbocycles. The second-order valence-corrected chi connectivity index (χ2v) is 3.43. The Hall–Kier alpha value is -1.89. The Morgan fingerprint density at radius 2 is 2.18 bits per heavy atom. The summed E-state index contributed by atoms with van der Waals surface area (Å²) in [5, 5.41) is 14.9. The number of rotatable bonds is 4. The van der Waals surface area contributed by atoms with Crippen LogP contribution < -0.4 is 5.32 Å². The number of esters is 1. The van der Waals surface area contributed by atoms with Crippen LogP contribution in [0.25, 0.3) is 0 Å². The molecule has 1 heterocycles. The highest BCUT2D eigenvalue weighted by Crippen LogP contribution is 2.11. The molecular formula is C10H14N2O5. The van der Waals surface area contributed by atoms with Crippen LogP contribution in [0.1, 0.15) is 21.8 Å². The summed E-state index contributed by atoms with van der Waals surface area (Å²) in [6.07, 6.45) is 0. The zero-order valence-corrected chi connectivity index (χ0v) is 9.81. The Morgan fingerprint density at radius 3 is 2.59 bits per heavy atom. The zero-order valence-electron chi connectivity index (χ0n) is 9.81. The lowest BCUT2D eigenvalue weighted by Crippen LogP contribution is -2.44. The minimum Gasteiger partial charge on any atom is -0.467 e. The number of carbonyl (C=O) groups is 2. The van der Waals surface area contributed by atoms with Crippen molar-refractivity contribution in [3.05, 3.63) is 17.0 Å². The van der Waals surface area contributed by atoms with Gasteiger partial charge in [-0.3, -0.25) is 4.79 Å². The second kappa shape index (κ2) is 5.44. The van der Waals surface area contributed by atoms with Crippen LogP contribution in [-0.2, 0) is 9.53 Å². The fourth-order valence-electron chi connectivity index (χ4n) is 1.36. The van der Waals surface area contributed by atoms with Gasteiger partial charge < -0.3 is 19.7 Å². The van der Waals surface area contributed by atoms with Crippen LogP contribution in [0.5, 0.6) is 0 Å². The largest absolute Gasteiger partial charge is 0.467 e. The van der Waals surface area contributed by atoms with Crippen LogP contribution in [0.2, 0.25) is 0 Å². The van der Waals surface area contributed by atoms with Crippen LogP contribution in [0.15, 0.2) is 4.52 Å². The quantitative estimate of drug-likeness (QED) is 0.694. The lowest BCUT2D eigenvalue weighted by atomic mass is 10.2. The maximum atomic E-state index is 11.8. The number of amides is 1. The third-order valence-corrected chi connectivity index (χ3v) is 2.23. The summed E-state index contributed by atoms with van der Waals surface area (Å²) in [5.74, 6) is -0.903. The van der Waals surface area contributed by atoms with Crippen LogP contribution in [0.3, 0.4) is 0 Å². The van der Waals surface area contributed by atoms with Crippen molar-refractivity contribution < 1.29 is 24.0 Å². The third kappa shape index (κ3) is 2.82. The van der Waals surface area contributed by atoms with E-state index in [-0.39, 0.29) is 5.56 Å². The second-order valence-electron chi connectivity index (χ2n) is 3.43. The van der Waals surface area contributed by atoms with E-state index in [0.717, 1.165) is 0 Å². The standard InChI is InChI=1S/C10H14N2O5/c1-5-8(6(2)17-12-5)9(14)11-7(4-13)10(15)16-3/h7,13H,4H2,1-3H3,(H,11,14). The van der Waals surface area contributed by atoms with Crippen molar-refractivity contribution >= 4 is 11.9 Å². The molecule has 1 aromatic heterocycles. The zero-order chi connectivity index (χ0) is 13.0. The van der Waals surface area contributed by atoms with E-state index in [2.05, 4.69) is 15.2 Å². The number of nitrogens with zero attached hydrogens (tertiary/aromatic N) is 1. The van der Waals surface area contributed by atoms with Gasteiger partial charge in [-0.25, -0.2) is 4.79 Å². The van der Waals surface area contributed by atoms with Crippen LogP contribution >= 0.6 is 0 Å². The Morgan fingerprint density at radius 1 is 1.53 bits per heavy atom. The highest BCUT2D eigenvalue weighted by molar-refractivity contribution is 5.98. The summed E-state index contributed by atoms with van der Waals surface area (Å²) < 4.78 is 9.26. The number of carbonyl (C=O) groups excluding carboxylic acids is 2. The number of aliphatic hydroxyl groups excluding tert-OH is 1. The number of hydrogen-bond donors (Lipinski definition) is 2. The normalized spacial score (nSPS) is 12.0. The number of aliphatic hydroxyl groups is 1. The van der Waals surface area contributed by atoms with Crippen LogP contribution in [0, 0.1) is 13.8 Å². The Kier molecular flexibility index (Phi) is 4.22. The molecule has 94 valence electrons. The summed E-state index contributed by atoms with van der Waals surface area (Å²) in [6, 6.07) is -1.10. The number of methoxy groups -OCH3 is 1. The van der Waals surface area contributed by atoms with Gasteiger partial charge in [-0.2, -0.15) is 0 Å². The van der Waals surface area contributed by atoms with Crippen molar-refractivity contribution in [3.8, 4) is 0 Å². The molecule has 0 fully saturated rings. The van der Waals surface area contributed by atoms with E-state index < -0.39 is 24.5 Å². The fraction of sp³-hybridized carbons (Fsp3) is 0.500. The number of aromatic nitrogens is 1. The molecule has 0 radical (unpaired) electrons. The molecular weight excluding hydrogens is 228 g/mol. The molecule has 1 atom stereocenters. The van der Waals surface area contributed by atoms with E-state index in [1.54, 1.807) is 13.8 Å². The van der Waals surface area contributed by atoms with Crippen molar-refractivity contribution in [1.29, 1.82) is 0 Å². The van der Waals surface area contributed by atoms with Crippen molar-refractivity contribution in [1.82, 2.24) is 10.5 Å². The van der Waals surface area contributed by atoms with E-state index in [9.17, 15) is 9.59 Å². The van der Waals surface area contributed by atoms with Crippen molar-refractivity contribution in [2.24, 2.45) is 0 Å². The third-order valence-electron chi connectivity index (χ3n) is 2.23. The molecule has 0 spiro atoms. The summed E-state index contributed by atoms with van der Waals surface area (Å²) >= 11 is 0. The smallest absolute Gasteiger partial charge is 0.330 e. The van der Waals surface area contributed by atoms with E-state index >= 15 is 0 Å². The highest BCUT2D eigenvalue weighted by atomic mass is 16.5. The monoisotopic (exact) mass is 242 g/mol. The van der Waals surface area contributed by atoms with Gasteiger partial charge in [0, 0.05) is 0 Å². The summed E-state index contributed by atoms with van der Waals surface area (Å²) in [5.41, 5.74) is 0.675. The van der Waals surface area contributed by atoms with Gasteiger partial charge in [0.1, 0.15) is 11.3 Å². The van der Waals surface area contributed by atoms with Gasteiger partial charge >= 0.3 is 5.97 Å². The average molecular weight is 242 g/mol. The molecule has 1 amide bonds. The molecule has 17 heavy (non-hydrogen) atoms. The van der Waals surface area contributed by atoms with Crippen molar-refractivity contribution in [2.45, 2.75) is 19.9 Å². The van der Waals surface area contributed by atoms with Gasteiger partial charge in [0.25, 0.3) is 5.91 Å². The predicted molar refractivity (Wildman–Crippen MR) is 56.3 cm³/mol. The molecule has 0 aromatic carbocycles. The first kappa shape index (κ1) is 13.2. The van der Waals surface area contributed by atoms with E-state index in [1.807, 2.05) is 0 Å². The Balaban J connectivity index is 2.82. The van der Waals surface area contributed by atoms with Gasteiger partial charge in [0.05, 0.1) is 19.4 Å². The van der Waals surface area contributed by atoms with Crippen molar-refractivity contribution in [2.75, 3.05) is 13.7 Å². The van der Waals surface area contributed by atoms with Crippen molar-refractivity contribution in [3.63, 3.8) is 0 Å². The molecule has 0 saturated carbocycles. The molecule has 7 heteroatoms. The molecule has 0 aliphatic rings. The number of hydrogen-bond acceptors (Lipinski definition) is 6. The van der Waals surface area contributed by atoms with Gasteiger partial charge in [-0.15, -0.1) is 0 Å². The molecule has 0 aliphatic heterocycles. The fourth-order valence-corrected chi connectivity index (χ4v) is 1.36. The molecule has 1 aromatic rings. The van der Waals surface area contributed by atoms with Gasteiger partial charge in [-0.05, 0) is 13.8 Å². The summed E-state index contributed by atoms with van der Waals surface area (Å²) in [7, 11) is 1.17. The van der Waals surface area contributed by atoms with Gasteiger partial charge in [-0.1, -0.05) is 5.16 Å². The predicted octanol–water partition coefficient (Wildman–Crippen LogP) is -0.445. The minimum absolute atomic E-state index is 0.257. The molecule has 0 saturated heterocycles. The SMILES string of the molecule is COC(=O)C(CO)NC(=O)c1c(C)noc1C. The first-order valence-electron chi connectivity index (χ1n) is 4.93. The molecule has 1 unspecified atom stereocenters. The maximum absolute atomic E-state index is 11.8. The average Bonchev–Trinajstić information content (AvgIpc) is 2.64. The maximum Gasteiger partial charge on any atom is 0.330 e. The first-order chi connectivity index (χ1) is 8.01. The topological polar surface area (TPSA) is 102 Å². The molecule has 2 N–H and O–H groups in total.